The molecule has 2 aromatic heterocycles. The summed E-state index contributed by atoms with van der Waals surface area (Å²) in [5.74, 6) is -0.412. The van der Waals surface area contributed by atoms with Gasteiger partial charge in [0.15, 0.2) is 29.5 Å². The van der Waals surface area contributed by atoms with Crippen LogP contribution in [0.3, 0.4) is 0 Å². The quantitative estimate of drug-likeness (QED) is 0.0248. The number of hydrogen-bond acceptors (Lipinski definition) is 20. The number of aromatic nitrogens is 4. The highest BCUT2D eigenvalue weighted by molar-refractivity contribution is 7.86. The number of nitrogens with one attached hydrogen (secondary N) is 2. The largest absolute Gasteiger partial charge is 0.490 e. The van der Waals surface area contributed by atoms with Gasteiger partial charge in [-0.05, 0) is 82.0 Å². The number of benzene rings is 2. The van der Waals surface area contributed by atoms with Gasteiger partial charge in [-0.25, -0.2) is 33.4 Å². The number of unbranched alkanes of at least 4 members (excludes halogenated alkanes) is 2. The van der Waals surface area contributed by atoms with Gasteiger partial charge < -0.3 is 55.4 Å². The number of carbonyl (C=O) groups is 2. The summed E-state index contributed by atoms with van der Waals surface area (Å²) in [6, 6.07) is 8.88. The fourth-order valence-electron chi connectivity index (χ4n) is 10.4. The minimum absolute atomic E-state index is 0.0412. The van der Waals surface area contributed by atoms with E-state index in [9.17, 15) is 64.1 Å². The summed E-state index contributed by atoms with van der Waals surface area (Å²) in [6.45, 7) is 5.46. The second-order valence-corrected chi connectivity index (χ2v) is 26.1. The van der Waals surface area contributed by atoms with Crippen molar-refractivity contribution in [2.45, 2.75) is 98.0 Å². The first-order chi connectivity index (χ1) is 36.4. The van der Waals surface area contributed by atoms with E-state index in [1.807, 2.05) is 39.0 Å². The van der Waals surface area contributed by atoms with Crippen molar-refractivity contribution in [1.29, 1.82) is 0 Å². The third kappa shape index (κ3) is 12.3. The molecule has 5 heterocycles. The zero-order valence-electron chi connectivity index (χ0n) is 41.5. The van der Waals surface area contributed by atoms with E-state index in [1.54, 1.807) is 12.1 Å². The number of phosphoric acid groups is 3. The van der Waals surface area contributed by atoms with Gasteiger partial charge in [-0.2, -0.15) is 30.0 Å². The number of likely N-dealkylation sites (N-methyl/N-ethyl adjacent to an activating group) is 1. The highest BCUT2D eigenvalue weighted by Gasteiger charge is 2.56. The first-order valence-electron chi connectivity index (χ1n) is 23.7. The molecule has 0 spiro atoms. The molecular weight excluding hydrogens is 1140 g/mol. The number of ether oxygens (including phenoxy) is 2. The number of allylic oxidation sites excluding steroid dienone is 4. The van der Waals surface area contributed by atoms with E-state index in [-0.39, 0.29) is 52.2 Å². The second kappa shape index (κ2) is 21.9. The zero-order valence-corrected chi connectivity index (χ0v) is 45.8. The normalized spacial score (nSPS) is 24.5. The van der Waals surface area contributed by atoms with Crippen LogP contribution in [0.5, 0.6) is 0 Å². The number of amides is 2. The summed E-state index contributed by atoms with van der Waals surface area (Å²) in [5, 5.41) is 16.4. The van der Waals surface area contributed by atoms with Crippen LogP contribution in [0.15, 0.2) is 82.8 Å². The third-order valence-corrected chi connectivity index (χ3v) is 19.1. The molecule has 4 aliphatic rings. The van der Waals surface area contributed by atoms with E-state index in [2.05, 4.69) is 43.7 Å². The molecule has 0 saturated carbocycles. The fourth-order valence-corrected chi connectivity index (χ4v) is 14.4. The van der Waals surface area contributed by atoms with Crippen molar-refractivity contribution in [1.82, 2.24) is 30.2 Å². The summed E-state index contributed by atoms with van der Waals surface area (Å²) < 4.78 is 132. The van der Waals surface area contributed by atoms with Crippen molar-refractivity contribution in [2.24, 2.45) is 0 Å². The summed E-state index contributed by atoms with van der Waals surface area (Å²) in [7, 11) is -26.5. The highest BCUT2D eigenvalue weighted by atomic mass is 32.2. The monoisotopic (exact) mass is 1190 g/mol. The maximum Gasteiger partial charge on any atom is 0.490 e. The number of nitrogen functional groups attached to an aromatic ring is 1. The maximum atomic E-state index is 13.0. The smallest absolute Gasteiger partial charge is 0.440 e. The van der Waals surface area contributed by atoms with Gasteiger partial charge in [0.1, 0.15) is 30.6 Å². The van der Waals surface area contributed by atoms with Crippen molar-refractivity contribution in [2.75, 3.05) is 43.4 Å². The zero-order chi connectivity index (χ0) is 57.0. The molecule has 30 nitrogen and oxygen atoms in total. The fraction of sp³-hybridized carbons (Fsp3) is 0.442. The Bertz CT molecular complexity index is 3540. The topological polar surface area (TPSA) is 441 Å². The molecule has 2 amide bonds. The maximum absolute atomic E-state index is 13.0. The van der Waals surface area contributed by atoms with Gasteiger partial charge in [-0.1, -0.05) is 6.08 Å². The number of aliphatic hydroxyl groups excluding tert-OH is 1. The summed E-state index contributed by atoms with van der Waals surface area (Å²) in [6.07, 6.45) is 2.12. The Hall–Kier alpha value is -5.37. The van der Waals surface area contributed by atoms with Crippen LogP contribution in [-0.2, 0) is 72.2 Å². The lowest BCUT2D eigenvalue weighted by Crippen LogP contribution is -2.42. The average Bonchev–Trinajstić information content (AvgIpc) is 4.02. The van der Waals surface area contributed by atoms with Crippen LogP contribution >= 0.6 is 23.5 Å². The van der Waals surface area contributed by atoms with Gasteiger partial charge in [-0.3, -0.25) is 23.0 Å². The Morgan fingerprint density at radius 1 is 0.897 bits per heavy atom. The van der Waals surface area contributed by atoms with Crippen molar-refractivity contribution >= 4 is 89.8 Å². The Morgan fingerprint density at radius 2 is 1.58 bits per heavy atom. The van der Waals surface area contributed by atoms with Crippen molar-refractivity contribution in [3.05, 3.63) is 84.1 Å². The molecule has 11 N–H and O–H groups in total. The minimum atomic E-state index is -5.91. The van der Waals surface area contributed by atoms with Gasteiger partial charge in [0.2, 0.25) is 11.6 Å². The van der Waals surface area contributed by atoms with Crippen LogP contribution in [-0.4, -0.2) is 144 Å². The minimum Gasteiger partial charge on any atom is -0.440 e. The predicted octanol–water partition coefficient (Wildman–Crippen LogP) is 2.97. The number of rotatable bonds is 21. The lowest BCUT2D eigenvalue weighted by molar-refractivity contribution is -0.438. The Labute approximate surface area is 444 Å². The van der Waals surface area contributed by atoms with Crippen LogP contribution in [0.4, 0.5) is 22.0 Å². The van der Waals surface area contributed by atoms with Gasteiger partial charge >= 0.3 is 29.6 Å². The molecule has 2 aromatic carbocycles. The highest BCUT2D eigenvalue weighted by Crippen LogP contribution is 2.66. The molecule has 4 aromatic rings. The molecule has 78 heavy (non-hydrogen) atoms. The number of phosphoric ester groups is 1. The van der Waals surface area contributed by atoms with E-state index in [1.165, 1.54) is 28.8 Å². The molecular formula is C43H55N9O21P3S2+. The van der Waals surface area contributed by atoms with E-state index >= 15 is 0 Å². The predicted molar refractivity (Wildman–Crippen MR) is 271 cm³/mol. The molecule has 1 fully saturated rings. The first-order valence-corrected chi connectivity index (χ1v) is 31.1. The van der Waals surface area contributed by atoms with Gasteiger partial charge in [0.05, 0.1) is 28.1 Å². The lowest BCUT2D eigenvalue weighted by atomic mass is 9.64. The van der Waals surface area contributed by atoms with E-state index < -0.39 is 91.8 Å². The number of hydrogen-bond donors (Lipinski definition) is 10. The van der Waals surface area contributed by atoms with E-state index in [0.29, 0.717) is 55.6 Å². The molecule has 8 rings (SSSR count). The summed E-state index contributed by atoms with van der Waals surface area (Å²) >= 11 is 0. The molecule has 4 unspecified atom stereocenters. The second-order valence-electron chi connectivity index (χ2n) is 18.8. The van der Waals surface area contributed by atoms with E-state index in [0.717, 1.165) is 29.8 Å². The molecule has 35 heteroatoms. The number of nitrogens with two attached hydrogens (primary N) is 1. The number of anilines is 2. The van der Waals surface area contributed by atoms with Gasteiger partial charge in [0.25, 0.3) is 20.2 Å². The van der Waals surface area contributed by atoms with Gasteiger partial charge in [0, 0.05) is 67.0 Å². The third-order valence-electron chi connectivity index (χ3n) is 13.6. The lowest BCUT2D eigenvalue weighted by Gasteiger charge is -2.37. The van der Waals surface area contributed by atoms with E-state index in [4.69, 9.17) is 29.5 Å². The SMILES string of the molecule is CCN1C2=CC=CC3=[N+](CCCCCC(=O)NCCNC(=O)O[C@H]4[C@@H](O)[C@H](n5cnc6c(N)ncnc65)O[C@@H]4COP(=O)(O)OP(=O)(O)OP(=O)(O)O)c4ccc(S(=O)(=O)O)cc4C3(C)CC2(C)c2cc(S(=O)(=O)O)ccc21. The number of aliphatic hydroxyl groups is 1. The Kier molecular flexibility index (Phi) is 16.5. The molecule has 3 aliphatic heterocycles. The van der Waals surface area contributed by atoms with Crippen LogP contribution in [0.1, 0.15) is 70.2 Å². The van der Waals surface area contributed by atoms with Crippen LogP contribution in [0.25, 0.3) is 11.2 Å². The van der Waals surface area contributed by atoms with Crippen LogP contribution in [0.2, 0.25) is 0 Å². The van der Waals surface area contributed by atoms with Crippen molar-refractivity contribution in [3.8, 4) is 0 Å². The van der Waals surface area contributed by atoms with Gasteiger partial charge in [-0.15, -0.1) is 0 Å². The first kappa shape index (κ1) is 58.8. The van der Waals surface area contributed by atoms with Crippen LogP contribution < -0.4 is 21.3 Å². The van der Waals surface area contributed by atoms with Crippen molar-refractivity contribution < 1.29 is 101 Å². The molecule has 0 bridgehead atoms. The molecule has 0 radical (unpaired) electrons. The Balaban J connectivity index is 0.880. The number of nitrogens with zero attached hydrogens (tertiary/aromatic N) is 6. The molecule has 8 atom stereocenters. The van der Waals surface area contributed by atoms with Crippen LogP contribution in [0, 0.1) is 0 Å². The molecule has 1 aliphatic carbocycles. The van der Waals surface area contributed by atoms with Crippen molar-refractivity contribution in [3.63, 3.8) is 0 Å². The number of carbonyl (C=O) groups excluding carboxylic acids is 2. The Morgan fingerprint density at radius 3 is 2.26 bits per heavy atom. The number of alkyl carbamates (subject to hydrolysis) is 1. The number of imidazole rings is 1. The summed E-state index contributed by atoms with van der Waals surface area (Å²) in [4.78, 5) is 76.7. The average molecular weight is 1190 g/mol. The standard InChI is InChI=1S/C43H54N9O21P3S2/c1-4-50-29-14-12-25(77(63,64)65)19-27(29)42(2)22-43(3)28-20-26(78(66,67)68)13-15-30(28)51(33(43)10-8-9-32(42)50)18-7-5-6-11-34(53)45-16-17-46-41(55)71-37-31(21-69-75(59,60)73-76(61,62)72-74(56,57)58)70-40(36(37)54)52-24-49-35-38(44)47-23-48-39(35)52/h8-10,12-15,19-20,23-24,31,36-37,40,54H,4-7,11,16-18,21-22H2,1-3H3,(H9-,44,45,46,47,48,53,55,56,57,58,59,60,61,62,63,64,65,66,67,68)/p+1/t31-,36-,37-,40-,42?,43?/m1/s1. The molecule has 1 saturated heterocycles. The summed E-state index contributed by atoms with van der Waals surface area (Å²) in [5.41, 5.74) is 8.63. The number of fused-ring (bicyclic) bond motifs is 7. The molecule has 424 valence electrons.